The number of nitrogens with zero attached hydrogens (tertiary/aromatic N) is 1. The van der Waals surface area contributed by atoms with Gasteiger partial charge in [-0.3, -0.25) is 0 Å². The molecule has 1 aromatic rings. The lowest BCUT2D eigenvalue weighted by molar-refractivity contribution is 0.492. The van der Waals surface area contributed by atoms with Gasteiger partial charge in [0, 0.05) is 0 Å². The summed E-state index contributed by atoms with van der Waals surface area (Å²) in [5.41, 5.74) is 2.17. The Balaban J connectivity index is 2.24. The first-order chi connectivity index (χ1) is 7.79. The zero-order chi connectivity index (χ0) is 11.4. The molecular weight excluding hydrogens is 194 g/mol. The van der Waals surface area contributed by atoms with Crippen molar-refractivity contribution in [3.8, 4) is 6.07 Å². The maximum Gasteiger partial charge on any atom is 0.0788 e. The standard InChI is InChI=1S/C15H15N/c1-2-15(12-16)10-8-14(9-11-15)13-6-4-3-5-7-13/h3-10H,2,11H2,1H3. The van der Waals surface area contributed by atoms with Crippen LogP contribution in [0.15, 0.2) is 48.6 Å². The molecule has 1 aliphatic rings. The van der Waals surface area contributed by atoms with E-state index in [1.54, 1.807) is 0 Å². The lowest BCUT2D eigenvalue weighted by Crippen LogP contribution is -2.15. The van der Waals surface area contributed by atoms with Crippen LogP contribution < -0.4 is 0 Å². The first kappa shape index (κ1) is 10.7. The van der Waals surface area contributed by atoms with Crippen LogP contribution in [-0.4, -0.2) is 0 Å². The van der Waals surface area contributed by atoms with Gasteiger partial charge in [-0.2, -0.15) is 5.26 Å². The van der Waals surface area contributed by atoms with Crippen LogP contribution in [0, 0.1) is 16.7 Å². The second-order valence-corrected chi connectivity index (χ2v) is 4.18. The number of benzene rings is 1. The zero-order valence-corrected chi connectivity index (χ0v) is 9.48. The topological polar surface area (TPSA) is 23.8 Å². The molecule has 1 nitrogen and oxygen atoms in total. The number of hydrogen-bond donors (Lipinski definition) is 0. The second-order valence-electron chi connectivity index (χ2n) is 4.18. The Morgan fingerprint density at radius 3 is 2.56 bits per heavy atom. The second kappa shape index (κ2) is 4.37. The molecule has 0 spiro atoms. The first-order valence-electron chi connectivity index (χ1n) is 5.66. The van der Waals surface area contributed by atoms with Gasteiger partial charge in [0.1, 0.15) is 0 Å². The maximum atomic E-state index is 9.17. The van der Waals surface area contributed by atoms with Crippen molar-refractivity contribution in [2.45, 2.75) is 19.8 Å². The van der Waals surface area contributed by atoms with Crippen LogP contribution in [0.3, 0.4) is 0 Å². The van der Waals surface area contributed by atoms with E-state index in [2.05, 4.69) is 43.4 Å². The monoisotopic (exact) mass is 209 g/mol. The highest BCUT2D eigenvalue weighted by atomic mass is 14.4. The fraction of sp³-hybridized carbons (Fsp3) is 0.267. The molecule has 1 aromatic carbocycles. The van der Waals surface area contributed by atoms with Crippen molar-refractivity contribution in [2.75, 3.05) is 0 Å². The van der Waals surface area contributed by atoms with E-state index < -0.39 is 0 Å². The van der Waals surface area contributed by atoms with Crippen molar-refractivity contribution in [1.29, 1.82) is 5.26 Å². The molecule has 0 aromatic heterocycles. The van der Waals surface area contributed by atoms with E-state index in [1.165, 1.54) is 11.1 Å². The van der Waals surface area contributed by atoms with Crippen molar-refractivity contribution in [3.05, 3.63) is 54.1 Å². The molecule has 1 unspecified atom stereocenters. The van der Waals surface area contributed by atoms with Crippen LogP contribution in [-0.2, 0) is 0 Å². The van der Waals surface area contributed by atoms with E-state index in [0.29, 0.717) is 0 Å². The van der Waals surface area contributed by atoms with Crippen LogP contribution in [0.4, 0.5) is 0 Å². The molecular formula is C15H15N. The van der Waals surface area contributed by atoms with E-state index in [4.69, 9.17) is 5.26 Å². The average molecular weight is 209 g/mol. The predicted molar refractivity (Wildman–Crippen MR) is 66.5 cm³/mol. The zero-order valence-electron chi connectivity index (χ0n) is 9.48. The van der Waals surface area contributed by atoms with Crippen molar-refractivity contribution in [3.63, 3.8) is 0 Å². The normalized spacial score (nSPS) is 23.6. The fourth-order valence-electron chi connectivity index (χ4n) is 1.95. The molecule has 1 atom stereocenters. The van der Waals surface area contributed by atoms with E-state index in [0.717, 1.165) is 12.8 Å². The SMILES string of the molecule is CCC1(C#N)C=CC(c2ccccc2)=CC1. The van der Waals surface area contributed by atoms with Gasteiger partial charge >= 0.3 is 0 Å². The van der Waals surface area contributed by atoms with Gasteiger partial charge in [0.25, 0.3) is 0 Å². The summed E-state index contributed by atoms with van der Waals surface area (Å²) < 4.78 is 0. The van der Waals surface area contributed by atoms with E-state index >= 15 is 0 Å². The van der Waals surface area contributed by atoms with E-state index in [-0.39, 0.29) is 5.41 Å². The Kier molecular flexibility index (Phi) is 2.92. The van der Waals surface area contributed by atoms with Crippen molar-refractivity contribution in [1.82, 2.24) is 0 Å². The predicted octanol–water partition coefficient (Wildman–Crippen LogP) is 3.95. The molecule has 0 N–H and O–H groups in total. The molecule has 0 heterocycles. The van der Waals surface area contributed by atoms with Gasteiger partial charge in [-0.25, -0.2) is 0 Å². The highest BCUT2D eigenvalue weighted by Gasteiger charge is 2.25. The van der Waals surface area contributed by atoms with Crippen LogP contribution in [0.2, 0.25) is 0 Å². The van der Waals surface area contributed by atoms with Gasteiger partial charge in [-0.1, -0.05) is 55.5 Å². The van der Waals surface area contributed by atoms with Crippen LogP contribution in [0.1, 0.15) is 25.3 Å². The Bertz CT molecular complexity index is 462. The molecule has 1 heteroatoms. The Morgan fingerprint density at radius 2 is 2.06 bits per heavy atom. The molecule has 0 saturated heterocycles. The Hall–Kier alpha value is -1.81. The summed E-state index contributed by atoms with van der Waals surface area (Å²) in [6.45, 7) is 2.06. The van der Waals surface area contributed by atoms with Crippen LogP contribution >= 0.6 is 0 Å². The van der Waals surface area contributed by atoms with E-state index in [1.807, 2.05) is 18.2 Å². The van der Waals surface area contributed by atoms with Gasteiger partial charge in [-0.15, -0.1) is 0 Å². The minimum Gasteiger partial charge on any atom is -0.197 e. The summed E-state index contributed by atoms with van der Waals surface area (Å²) in [5.74, 6) is 0. The minimum absolute atomic E-state index is 0.279. The van der Waals surface area contributed by atoms with Gasteiger partial charge < -0.3 is 0 Å². The van der Waals surface area contributed by atoms with Crippen molar-refractivity contribution < 1.29 is 0 Å². The molecule has 0 radical (unpaired) electrons. The third-order valence-electron chi connectivity index (χ3n) is 3.23. The highest BCUT2D eigenvalue weighted by molar-refractivity contribution is 5.75. The summed E-state index contributed by atoms with van der Waals surface area (Å²) in [5, 5.41) is 9.17. The van der Waals surface area contributed by atoms with Crippen molar-refractivity contribution in [2.24, 2.45) is 5.41 Å². The summed E-state index contributed by atoms with van der Waals surface area (Å²) in [4.78, 5) is 0. The lowest BCUT2D eigenvalue weighted by Gasteiger charge is -2.23. The average Bonchev–Trinajstić information content (AvgIpc) is 2.40. The van der Waals surface area contributed by atoms with Gasteiger partial charge in [-0.05, 0) is 24.0 Å². The van der Waals surface area contributed by atoms with Gasteiger partial charge in [0.2, 0.25) is 0 Å². The fourth-order valence-corrected chi connectivity index (χ4v) is 1.95. The van der Waals surface area contributed by atoms with E-state index in [9.17, 15) is 0 Å². The summed E-state index contributed by atoms with van der Waals surface area (Å²) >= 11 is 0. The Morgan fingerprint density at radius 1 is 1.31 bits per heavy atom. The number of hydrogen-bond acceptors (Lipinski definition) is 1. The van der Waals surface area contributed by atoms with Crippen LogP contribution in [0.5, 0.6) is 0 Å². The third kappa shape index (κ3) is 1.92. The molecule has 2 rings (SSSR count). The van der Waals surface area contributed by atoms with Crippen LogP contribution in [0.25, 0.3) is 5.57 Å². The molecule has 0 aliphatic heterocycles. The van der Waals surface area contributed by atoms with Gasteiger partial charge in [0.05, 0.1) is 11.5 Å². The molecule has 0 amide bonds. The third-order valence-corrected chi connectivity index (χ3v) is 3.23. The molecule has 0 bridgehead atoms. The molecule has 1 aliphatic carbocycles. The molecule has 80 valence electrons. The minimum atomic E-state index is -0.279. The largest absolute Gasteiger partial charge is 0.197 e. The highest BCUT2D eigenvalue weighted by Crippen LogP contribution is 2.34. The smallest absolute Gasteiger partial charge is 0.0788 e. The first-order valence-corrected chi connectivity index (χ1v) is 5.66. The number of allylic oxidation sites excluding steroid dienone is 4. The molecule has 0 fully saturated rings. The summed E-state index contributed by atoms with van der Waals surface area (Å²) in [7, 11) is 0. The lowest BCUT2D eigenvalue weighted by atomic mass is 9.78. The quantitative estimate of drug-likeness (QED) is 0.723. The maximum absolute atomic E-state index is 9.17. The summed E-state index contributed by atoms with van der Waals surface area (Å²) in [6.07, 6.45) is 7.99. The Labute approximate surface area is 96.7 Å². The number of nitriles is 1. The van der Waals surface area contributed by atoms with Gasteiger partial charge in [0.15, 0.2) is 0 Å². The molecule has 0 saturated carbocycles. The summed E-state index contributed by atoms with van der Waals surface area (Å²) in [6, 6.07) is 12.7. The molecule has 16 heavy (non-hydrogen) atoms. The van der Waals surface area contributed by atoms with Crippen molar-refractivity contribution >= 4 is 5.57 Å². The number of rotatable bonds is 2.